The number of nitrogens with zero attached hydrogens (tertiary/aromatic N) is 2. The summed E-state index contributed by atoms with van der Waals surface area (Å²) in [5.41, 5.74) is 1.72. The second-order valence-corrected chi connectivity index (χ2v) is 6.62. The molecule has 0 saturated carbocycles. The maximum Gasteiger partial charge on any atom is 0.362 e. The molecule has 0 aromatic heterocycles. The Hall–Kier alpha value is -3.64. The first-order chi connectivity index (χ1) is 13.1. The predicted octanol–water partition coefficient (Wildman–Crippen LogP) is 1.67. The van der Waals surface area contributed by atoms with Crippen molar-refractivity contribution in [1.29, 1.82) is 0 Å². The molecule has 11 nitrogen and oxygen atoms in total. The zero-order chi connectivity index (χ0) is 20.9. The Morgan fingerprint density at radius 3 is 2.14 bits per heavy atom. The van der Waals surface area contributed by atoms with Gasteiger partial charge < -0.3 is 4.74 Å². The highest BCUT2D eigenvalue weighted by atomic mass is 32.2. The largest absolute Gasteiger partial charge is 0.464 e. The third kappa shape index (κ3) is 4.96. The highest BCUT2D eigenvalue weighted by Gasteiger charge is 2.24. The van der Waals surface area contributed by atoms with Crippen molar-refractivity contribution in [2.45, 2.75) is 4.90 Å². The number of carbonyl (C=O) groups excluding carboxylic acids is 2. The van der Waals surface area contributed by atoms with Gasteiger partial charge in [0.25, 0.3) is 15.8 Å². The first-order valence-corrected chi connectivity index (χ1v) is 8.86. The van der Waals surface area contributed by atoms with E-state index in [9.17, 15) is 28.1 Å². The average Bonchev–Trinajstić information content (AvgIpc) is 2.67. The number of nitro groups is 1. The number of esters is 1. The van der Waals surface area contributed by atoms with Crippen LogP contribution in [0.25, 0.3) is 0 Å². The fourth-order valence-electron chi connectivity index (χ4n) is 1.98. The second-order valence-electron chi connectivity index (χ2n) is 5.20. The van der Waals surface area contributed by atoms with Crippen molar-refractivity contribution in [2.24, 2.45) is 5.10 Å². The molecule has 2 N–H and O–H groups in total. The van der Waals surface area contributed by atoms with Crippen molar-refractivity contribution >= 4 is 39.0 Å². The van der Waals surface area contributed by atoms with E-state index in [2.05, 4.69) is 15.3 Å². The predicted molar refractivity (Wildman–Crippen MR) is 96.8 cm³/mol. The van der Waals surface area contributed by atoms with Crippen LogP contribution in [-0.2, 0) is 19.6 Å². The highest BCUT2D eigenvalue weighted by Crippen LogP contribution is 2.15. The molecule has 0 unspecified atom stereocenters. The standard InChI is InChI=1S/C16H13N3O8S/c1-27-16(21)14(15(20)10-2-6-12(7-3-10)19(22)23)18-17-11-4-8-13(9-5-11)28(24,25)26/h2-9,17H,1H3,(H,24,25,26)/b18-14-. The molecule has 146 valence electrons. The average molecular weight is 407 g/mol. The van der Waals surface area contributed by atoms with E-state index in [4.69, 9.17) is 4.55 Å². The van der Waals surface area contributed by atoms with E-state index in [0.717, 1.165) is 31.4 Å². The number of methoxy groups -OCH3 is 1. The second kappa shape index (κ2) is 8.37. The summed E-state index contributed by atoms with van der Waals surface area (Å²) in [6.45, 7) is 0. The lowest BCUT2D eigenvalue weighted by molar-refractivity contribution is -0.384. The van der Waals surface area contributed by atoms with Crippen molar-refractivity contribution in [2.75, 3.05) is 12.5 Å². The summed E-state index contributed by atoms with van der Waals surface area (Å²) in [5, 5.41) is 14.4. The van der Waals surface area contributed by atoms with Gasteiger partial charge in [0.15, 0.2) is 0 Å². The van der Waals surface area contributed by atoms with Gasteiger partial charge in [-0.25, -0.2) is 4.79 Å². The number of hydrogen-bond donors (Lipinski definition) is 2. The SMILES string of the molecule is COC(=O)/C(=N\Nc1ccc(S(=O)(=O)O)cc1)C(=O)c1ccc([N+](=O)[O-])cc1. The molecule has 0 saturated heterocycles. The molecule has 28 heavy (non-hydrogen) atoms. The van der Waals surface area contributed by atoms with Crippen LogP contribution in [0.3, 0.4) is 0 Å². The van der Waals surface area contributed by atoms with Gasteiger partial charge in [0.1, 0.15) is 0 Å². The van der Waals surface area contributed by atoms with E-state index in [1.807, 2.05) is 0 Å². The quantitative estimate of drug-likeness (QED) is 0.132. The summed E-state index contributed by atoms with van der Waals surface area (Å²) in [6.07, 6.45) is 0. The molecule has 2 rings (SSSR count). The van der Waals surface area contributed by atoms with E-state index >= 15 is 0 Å². The summed E-state index contributed by atoms with van der Waals surface area (Å²) in [5.74, 6) is -1.89. The van der Waals surface area contributed by atoms with Gasteiger partial charge in [-0.05, 0) is 36.4 Å². The molecule has 0 aliphatic carbocycles. The molecule has 2 aromatic carbocycles. The lowest BCUT2D eigenvalue weighted by atomic mass is 10.1. The van der Waals surface area contributed by atoms with Crippen LogP contribution in [0, 0.1) is 10.1 Å². The number of ether oxygens (including phenoxy) is 1. The Bertz CT molecular complexity index is 1040. The van der Waals surface area contributed by atoms with Gasteiger partial charge in [0.2, 0.25) is 11.5 Å². The molecule has 0 atom stereocenters. The van der Waals surface area contributed by atoms with E-state index in [0.29, 0.717) is 0 Å². The van der Waals surface area contributed by atoms with Gasteiger partial charge in [-0.3, -0.25) is 24.9 Å². The molecule has 2 aromatic rings. The van der Waals surface area contributed by atoms with Gasteiger partial charge in [0, 0.05) is 17.7 Å². The monoisotopic (exact) mass is 407 g/mol. The van der Waals surface area contributed by atoms with Crippen LogP contribution in [0.15, 0.2) is 58.5 Å². The van der Waals surface area contributed by atoms with Crippen molar-refractivity contribution in [3.05, 3.63) is 64.2 Å². The number of non-ortho nitro benzene ring substituents is 1. The van der Waals surface area contributed by atoms with Crippen molar-refractivity contribution in [1.82, 2.24) is 0 Å². The Morgan fingerprint density at radius 1 is 1.11 bits per heavy atom. The molecular formula is C16H13N3O8S. The van der Waals surface area contributed by atoms with Crippen LogP contribution in [0.2, 0.25) is 0 Å². The van der Waals surface area contributed by atoms with Crippen molar-refractivity contribution < 1.29 is 32.2 Å². The number of anilines is 1. The molecule has 0 amide bonds. The Labute approximate surface area is 158 Å². The first-order valence-electron chi connectivity index (χ1n) is 7.42. The number of nitrogens with one attached hydrogen (secondary N) is 1. The zero-order valence-electron chi connectivity index (χ0n) is 14.2. The molecular weight excluding hydrogens is 394 g/mol. The summed E-state index contributed by atoms with van der Waals surface area (Å²) < 4.78 is 35.5. The van der Waals surface area contributed by atoms with Gasteiger partial charge in [-0.15, -0.1) is 0 Å². The van der Waals surface area contributed by atoms with Crippen LogP contribution < -0.4 is 5.43 Å². The number of rotatable bonds is 7. The lowest BCUT2D eigenvalue weighted by Gasteiger charge is -2.06. The molecule has 0 aliphatic rings. The topological polar surface area (TPSA) is 165 Å². The maximum atomic E-state index is 12.5. The summed E-state index contributed by atoms with van der Waals surface area (Å²) in [4.78, 5) is 34.0. The minimum atomic E-state index is -4.37. The molecule has 0 spiro atoms. The van der Waals surface area contributed by atoms with Crippen LogP contribution in [-0.4, -0.2) is 42.5 Å². The molecule has 0 heterocycles. The molecule has 0 aliphatic heterocycles. The first kappa shape index (κ1) is 20.7. The number of nitro benzene ring substituents is 1. The molecule has 0 radical (unpaired) electrons. The zero-order valence-corrected chi connectivity index (χ0v) is 15.0. The van der Waals surface area contributed by atoms with E-state index in [-0.39, 0.29) is 21.8 Å². The third-order valence-electron chi connectivity index (χ3n) is 3.38. The Kier molecular flexibility index (Phi) is 6.18. The van der Waals surface area contributed by atoms with Gasteiger partial charge >= 0.3 is 5.97 Å². The van der Waals surface area contributed by atoms with Gasteiger partial charge in [-0.1, -0.05) is 0 Å². The van der Waals surface area contributed by atoms with Crippen molar-refractivity contribution in [3.8, 4) is 0 Å². The number of Topliss-reactive ketones (excluding diaryl/α,β-unsaturated/α-hetero) is 1. The number of hydrazone groups is 1. The van der Waals surface area contributed by atoms with E-state index < -0.39 is 32.5 Å². The van der Waals surface area contributed by atoms with Gasteiger partial charge in [-0.2, -0.15) is 13.5 Å². The number of ketones is 1. The fraction of sp³-hybridized carbons (Fsp3) is 0.0625. The third-order valence-corrected chi connectivity index (χ3v) is 4.25. The smallest absolute Gasteiger partial charge is 0.362 e. The number of benzene rings is 2. The van der Waals surface area contributed by atoms with E-state index in [1.165, 1.54) is 24.3 Å². The minimum absolute atomic E-state index is 0.0294. The summed E-state index contributed by atoms with van der Waals surface area (Å²) >= 11 is 0. The van der Waals surface area contributed by atoms with Crippen LogP contribution in [0.4, 0.5) is 11.4 Å². The number of carbonyl (C=O) groups is 2. The molecule has 0 fully saturated rings. The lowest BCUT2D eigenvalue weighted by Crippen LogP contribution is -2.26. The maximum absolute atomic E-state index is 12.5. The van der Waals surface area contributed by atoms with Crippen molar-refractivity contribution in [3.63, 3.8) is 0 Å². The van der Waals surface area contributed by atoms with Crippen LogP contribution in [0.1, 0.15) is 10.4 Å². The normalized spacial score (nSPS) is 11.6. The molecule has 0 bridgehead atoms. The van der Waals surface area contributed by atoms with Crippen LogP contribution >= 0.6 is 0 Å². The van der Waals surface area contributed by atoms with Gasteiger partial charge in [0.05, 0.1) is 22.6 Å². The summed E-state index contributed by atoms with van der Waals surface area (Å²) in [6, 6.07) is 9.20. The Morgan fingerprint density at radius 2 is 1.68 bits per heavy atom. The summed E-state index contributed by atoms with van der Waals surface area (Å²) in [7, 11) is -3.32. The minimum Gasteiger partial charge on any atom is -0.464 e. The highest BCUT2D eigenvalue weighted by molar-refractivity contribution is 7.85. The molecule has 12 heteroatoms. The Balaban J connectivity index is 2.28. The van der Waals surface area contributed by atoms with E-state index in [1.54, 1.807) is 0 Å². The number of hydrogen-bond acceptors (Lipinski definition) is 9. The van der Waals surface area contributed by atoms with Crippen LogP contribution in [0.5, 0.6) is 0 Å². The fourth-order valence-corrected chi connectivity index (χ4v) is 2.46.